The van der Waals surface area contributed by atoms with Gasteiger partial charge in [0.05, 0.1) is 87.7 Å². The molecule has 8 aromatic heterocycles. The van der Waals surface area contributed by atoms with Crippen molar-refractivity contribution in [2.24, 2.45) is 0 Å². The predicted octanol–water partition coefficient (Wildman–Crippen LogP) is 27.7. The van der Waals surface area contributed by atoms with Crippen molar-refractivity contribution in [1.29, 1.82) is 0 Å². The van der Waals surface area contributed by atoms with E-state index in [2.05, 4.69) is 29.0 Å². The summed E-state index contributed by atoms with van der Waals surface area (Å²) >= 11 is 12.3. The summed E-state index contributed by atoms with van der Waals surface area (Å²) in [6.45, 7) is 16.0. The van der Waals surface area contributed by atoms with E-state index < -0.39 is 17.9 Å². The van der Waals surface area contributed by atoms with E-state index in [1.807, 2.05) is 282 Å². The van der Waals surface area contributed by atoms with Crippen LogP contribution in [0.5, 0.6) is 23.0 Å². The molecule has 2 N–H and O–H groups in total. The third-order valence-corrected chi connectivity index (χ3v) is 25.3. The maximum atomic E-state index is 11.8. The first kappa shape index (κ1) is 103. The van der Waals surface area contributed by atoms with Gasteiger partial charge < -0.3 is 52.8 Å². The number of aliphatic hydroxyl groups excluding tert-OH is 2. The molecule has 684 valence electrons. The molecule has 0 bridgehead atoms. The number of rotatable bonds is 29. The summed E-state index contributed by atoms with van der Waals surface area (Å²) in [5, 5.41) is 42.5. The van der Waals surface area contributed by atoms with E-state index in [4.69, 9.17) is 37.9 Å². The molecule has 0 aliphatic carbocycles. The number of thiophene rings is 8. The van der Waals surface area contributed by atoms with Crippen LogP contribution in [0, 0.1) is 0 Å². The van der Waals surface area contributed by atoms with E-state index in [0.29, 0.717) is 72.4 Å². The summed E-state index contributed by atoms with van der Waals surface area (Å²) in [5.41, 5.74) is 1.90. The smallest absolute Gasteiger partial charge is 0.334 e. The Bertz CT molecular complexity index is 6080. The summed E-state index contributed by atoms with van der Waals surface area (Å²) in [6, 6.07) is 86.5. The van der Waals surface area contributed by atoms with Gasteiger partial charge in [0, 0.05) is 43.5 Å². The zero-order valence-corrected chi connectivity index (χ0v) is 80.9. The first-order valence-electron chi connectivity index (χ1n) is 42.1. The third-order valence-electron chi connectivity index (χ3n) is 17.9. The van der Waals surface area contributed by atoms with Gasteiger partial charge >= 0.3 is 29.8 Å². The second kappa shape index (κ2) is 57.7. The van der Waals surface area contributed by atoms with Gasteiger partial charge in [-0.25, -0.2) is 19.2 Å². The number of esters is 5. The molecule has 0 spiro atoms. The van der Waals surface area contributed by atoms with Crippen LogP contribution in [0.2, 0.25) is 0 Å². The molecule has 26 heteroatoms. The van der Waals surface area contributed by atoms with Crippen LogP contribution in [-0.4, -0.2) is 97.9 Å². The van der Waals surface area contributed by atoms with E-state index in [9.17, 15) is 43.8 Å². The molecule has 16 aromatic rings. The molecule has 0 saturated carbocycles. The van der Waals surface area contributed by atoms with E-state index in [-0.39, 0.29) is 43.1 Å². The number of ketones is 2. The highest BCUT2D eigenvalue weighted by molar-refractivity contribution is 7.13. The van der Waals surface area contributed by atoms with Gasteiger partial charge in [-0.2, -0.15) is 0 Å². The number of carbonyl (C=O) groups is 7. The van der Waals surface area contributed by atoms with Gasteiger partial charge in [-0.15, -0.1) is 90.7 Å². The van der Waals surface area contributed by atoms with E-state index in [1.54, 1.807) is 117 Å². The van der Waals surface area contributed by atoms with Gasteiger partial charge in [-0.3, -0.25) is 14.4 Å². The Balaban J connectivity index is 0.000000174. The van der Waals surface area contributed by atoms with Gasteiger partial charge in [0.2, 0.25) is 0 Å². The second-order valence-electron chi connectivity index (χ2n) is 27.3. The SMILES string of the molecule is CC(=O)c1cccs1.CCOC(=O)/C=C(/C)c1cccs1.CCOC(=O)/C=C(/Oc1cccc2ccccc12)c1cccs1.CCOC(=O)/C=C(\C)c1cccs1.CCOC(=O)/C=C(\Oc1cccc2ccccc12)c1cccs1.CCOC(=O)CC(=O)c1cccs1.OC/C=C(/Oc1cccc2ccccc12)c1cccs1.OC/C=C(\Oc1cccc2ccccc12)c1cccs1. The van der Waals surface area contributed by atoms with Gasteiger partial charge in [0.25, 0.3) is 0 Å². The Morgan fingerprint density at radius 3 is 0.759 bits per heavy atom. The highest BCUT2D eigenvalue weighted by atomic mass is 32.1. The van der Waals surface area contributed by atoms with Crippen molar-refractivity contribution in [3.8, 4) is 23.0 Å². The normalized spacial score (nSPS) is 11.2. The Labute approximate surface area is 805 Å². The van der Waals surface area contributed by atoms with Crippen LogP contribution in [0.3, 0.4) is 0 Å². The molecule has 18 nitrogen and oxygen atoms in total. The van der Waals surface area contributed by atoms with Crippen molar-refractivity contribution >= 4 is 209 Å². The first-order chi connectivity index (χ1) is 64.8. The second-order valence-corrected chi connectivity index (χ2v) is 34.9. The van der Waals surface area contributed by atoms with Crippen LogP contribution in [0.15, 0.2) is 346 Å². The molecular formula is C107H100O18S8. The average molecular weight is 1930 g/mol. The Hall–Kier alpha value is -13.4. The van der Waals surface area contributed by atoms with Crippen molar-refractivity contribution in [3.05, 3.63) is 385 Å². The van der Waals surface area contributed by atoms with Crippen LogP contribution in [0.25, 0.3) is 77.3 Å². The average Bonchev–Trinajstić information content (AvgIpc) is 1.59. The number of aliphatic hydroxyl groups is 2. The maximum Gasteiger partial charge on any atom is 0.334 e. The molecular weight excluding hydrogens is 1830 g/mol. The summed E-state index contributed by atoms with van der Waals surface area (Å²) in [4.78, 5) is 85.9. The van der Waals surface area contributed by atoms with Crippen LogP contribution in [-0.2, 0) is 47.7 Å². The van der Waals surface area contributed by atoms with Crippen LogP contribution in [0.4, 0.5) is 0 Å². The molecule has 0 radical (unpaired) electrons. The number of hydrogen-bond acceptors (Lipinski definition) is 26. The quantitative estimate of drug-likeness (QED) is 0.0111. The first-order valence-corrected chi connectivity index (χ1v) is 49.1. The zero-order chi connectivity index (χ0) is 94.7. The summed E-state index contributed by atoms with van der Waals surface area (Å²) in [7, 11) is 0. The number of hydrogen-bond donors (Lipinski definition) is 2. The molecule has 0 aliphatic rings. The molecule has 133 heavy (non-hydrogen) atoms. The van der Waals surface area contributed by atoms with E-state index in [0.717, 1.165) is 99.9 Å². The largest absolute Gasteiger partial charge is 0.466 e. The number of fused-ring (bicyclic) bond motifs is 4. The third kappa shape index (κ3) is 34.7. The molecule has 0 amide bonds. The molecule has 0 aliphatic heterocycles. The Morgan fingerprint density at radius 2 is 0.504 bits per heavy atom. The topological polar surface area (TPSA) is 243 Å². The fourth-order valence-corrected chi connectivity index (χ4v) is 17.4. The number of ether oxygens (including phenoxy) is 9. The lowest BCUT2D eigenvalue weighted by atomic mass is 10.1. The van der Waals surface area contributed by atoms with E-state index in [1.165, 1.54) is 69.7 Å². The van der Waals surface area contributed by atoms with Crippen LogP contribution < -0.4 is 18.9 Å². The molecule has 16 rings (SSSR count). The van der Waals surface area contributed by atoms with Gasteiger partial charge in [0.1, 0.15) is 40.9 Å². The van der Waals surface area contributed by atoms with E-state index >= 15 is 0 Å². The highest BCUT2D eigenvalue weighted by Gasteiger charge is 2.18. The lowest BCUT2D eigenvalue weighted by molar-refractivity contribution is -0.142. The predicted molar refractivity (Wildman–Crippen MR) is 548 cm³/mol. The fraction of sp³-hybridized carbons (Fsp3) is 0.150. The van der Waals surface area contributed by atoms with Crippen molar-refractivity contribution in [1.82, 2.24) is 0 Å². The van der Waals surface area contributed by atoms with Crippen LogP contribution in [0.1, 0.15) is 110 Å². The standard InChI is InChI=1S/2C19H16O3S.2C17H14O2S.2C10H12O2S.C9H10O3S.C6H6OS/c2*1-2-21-19(20)13-17(18-11-6-12-23-18)22-16-10-5-8-14-7-3-4-9-15(14)16;2*18-11-10-16(17-9-4-12-20-17)19-15-8-3-6-13-5-1-2-7-14(13)15;2*1-3-12-10(11)7-8(2)9-5-4-6-13-9;1-2-12-9(11)6-7(10)8-4-3-5-13-8;1-5(7)6-3-2-4-8-6/h2*3-13H,2H2,1H3;2*1-10,12,18H,11H2;2*4-7H,3H2,1-2H3;3-5H,2,6H2,1H3;2-4H,1H3/b17-13+;17-13-;16-10+;16-10-;8-7+;8-7-;;. The maximum absolute atomic E-state index is 11.8. The van der Waals surface area contributed by atoms with Crippen molar-refractivity contribution < 1.29 is 86.4 Å². The summed E-state index contributed by atoms with van der Waals surface area (Å²) < 4.78 is 48.4. The van der Waals surface area contributed by atoms with Crippen molar-refractivity contribution in [3.63, 3.8) is 0 Å². The number of carbonyl (C=O) groups excluding carboxylic acids is 7. The molecule has 0 fully saturated rings. The molecule has 0 saturated heterocycles. The zero-order valence-electron chi connectivity index (χ0n) is 74.3. The summed E-state index contributed by atoms with van der Waals surface area (Å²) in [5.74, 6) is 3.58. The van der Waals surface area contributed by atoms with Crippen molar-refractivity contribution in [2.75, 3.05) is 46.2 Å². The number of Topliss-reactive ketones (excluding diaryl/α,β-unsaturated/α-hetero) is 2. The molecule has 8 heterocycles. The number of benzene rings is 8. The molecule has 0 atom stereocenters. The highest BCUT2D eigenvalue weighted by Crippen LogP contribution is 2.36. The van der Waals surface area contributed by atoms with Gasteiger partial charge in [0.15, 0.2) is 23.1 Å². The van der Waals surface area contributed by atoms with Crippen LogP contribution >= 0.6 is 90.7 Å². The monoisotopic (exact) mass is 1930 g/mol. The Kier molecular flexibility index (Phi) is 44.9. The van der Waals surface area contributed by atoms with Gasteiger partial charge in [-0.05, 0) is 216 Å². The summed E-state index contributed by atoms with van der Waals surface area (Å²) in [6.07, 6.45) is 9.06. The molecule has 0 unspecified atom stereocenters. The lowest BCUT2D eigenvalue weighted by Gasteiger charge is -2.11. The fourth-order valence-electron chi connectivity index (χ4n) is 11.9. The van der Waals surface area contributed by atoms with Crippen molar-refractivity contribution in [2.45, 2.75) is 61.8 Å². The van der Waals surface area contributed by atoms with Gasteiger partial charge in [-0.1, -0.05) is 194 Å². The minimum Gasteiger partial charge on any atom is -0.466 e. The minimum absolute atomic E-state index is 0.0437. The number of allylic oxidation sites excluding steroid dienone is 2. The minimum atomic E-state index is -0.457. The lowest BCUT2D eigenvalue weighted by Crippen LogP contribution is -2.10. The Morgan fingerprint density at radius 1 is 0.263 bits per heavy atom. The molecule has 8 aromatic carbocycles.